The summed E-state index contributed by atoms with van der Waals surface area (Å²) in [7, 11) is 0. The second kappa shape index (κ2) is 7.54. The molecule has 0 aliphatic carbocycles. The van der Waals surface area contributed by atoms with Crippen molar-refractivity contribution in [3.05, 3.63) is 0 Å². The van der Waals surface area contributed by atoms with Gasteiger partial charge in [0.2, 0.25) is 0 Å². The van der Waals surface area contributed by atoms with Crippen LogP contribution in [0.3, 0.4) is 0 Å². The molecule has 7 heteroatoms. The van der Waals surface area contributed by atoms with Crippen LogP contribution in [0.15, 0.2) is 0 Å². The maximum atomic E-state index is 10.1. The van der Waals surface area contributed by atoms with Crippen LogP contribution in [-0.2, 0) is 4.79 Å². The second-order valence-corrected chi connectivity index (χ2v) is 3.11. The van der Waals surface area contributed by atoms with Gasteiger partial charge in [0.1, 0.15) is 12.4 Å². The largest absolute Gasteiger partial charge is 0.395 e. The zero-order valence-electron chi connectivity index (χ0n) is 6.78. The predicted molar refractivity (Wildman–Crippen MR) is 53.2 cm³/mol. The number of aliphatic hydroxyl groups is 3. The molecule has 5 N–H and O–H groups in total. The summed E-state index contributed by atoms with van der Waals surface area (Å²) in [4.78, 5) is 10.1. The molecule has 0 aromatic heterocycles. The Bertz CT molecular complexity index is 151. The zero-order chi connectivity index (χ0) is 9.72. The molecule has 0 unspecified atom stereocenters. The van der Waals surface area contributed by atoms with Crippen molar-refractivity contribution in [3.63, 3.8) is 0 Å². The topological polar surface area (TPSA) is 104 Å². The fraction of sp³-hybridized carbons (Fsp3) is 0.833. The van der Waals surface area contributed by atoms with Gasteiger partial charge in [-0.2, -0.15) is 12.6 Å². The van der Waals surface area contributed by atoms with Crippen molar-refractivity contribution < 1.29 is 20.1 Å². The van der Waals surface area contributed by atoms with Crippen LogP contribution in [0, 0.1) is 0 Å². The molecule has 5 nitrogen and oxygen atoms in total. The van der Waals surface area contributed by atoms with Gasteiger partial charge < -0.3 is 25.8 Å². The van der Waals surface area contributed by atoms with Gasteiger partial charge in [-0.1, -0.05) is 0 Å². The number of aliphatic hydroxyl groups excluding tert-OH is 3. The zero-order valence-corrected chi connectivity index (χ0v) is 8.49. The van der Waals surface area contributed by atoms with Crippen LogP contribution < -0.4 is 5.73 Å². The van der Waals surface area contributed by atoms with Crippen molar-refractivity contribution in [2.24, 2.45) is 5.73 Å². The third-order valence-electron chi connectivity index (χ3n) is 1.48. The number of halogens is 1. The van der Waals surface area contributed by atoms with Gasteiger partial charge in [0.05, 0.1) is 24.0 Å². The van der Waals surface area contributed by atoms with Gasteiger partial charge in [0.25, 0.3) is 0 Å². The lowest BCUT2D eigenvalue weighted by molar-refractivity contribution is -0.113. The van der Waals surface area contributed by atoms with Crippen molar-refractivity contribution in [3.8, 4) is 0 Å². The van der Waals surface area contributed by atoms with Crippen molar-refractivity contribution in [1.29, 1.82) is 0 Å². The van der Waals surface area contributed by atoms with E-state index in [0.29, 0.717) is 6.29 Å². The predicted octanol–water partition coefficient (Wildman–Crippen LogP) is -2.05. The van der Waals surface area contributed by atoms with Gasteiger partial charge in [0.15, 0.2) is 0 Å². The maximum Gasteiger partial charge on any atom is 0.139 e. The fourth-order valence-electron chi connectivity index (χ4n) is 0.644. The van der Waals surface area contributed by atoms with Gasteiger partial charge in [-0.25, -0.2) is 0 Å². The van der Waals surface area contributed by atoms with Crippen LogP contribution in [-0.4, -0.2) is 51.7 Å². The Morgan fingerprint density at radius 3 is 2.15 bits per heavy atom. The van der Waals surface area contributed by atoms with E-state index >= 15 is 0 Å². The van der Waals surface area contributed by atoms with E-state index in [1.165, 1.54) is 0 Å². The minimum Gasteiger partial charge on any atom is -0.395 e. The van der Waals surface area contributed by atoms with Crippen molar-refractivity contribution in [2.75, 3.05) is 6.61 Å². The molecule has 13 heavy (non-hydrogen) atoms. The minimum atomic E-state index is -1.39. The molecule has 0 aromatic carbocycles. The van der Waals surface area contributed by atoms with Crippen LogP contribution in [0.2, 0.25) is 0 Å². The summed E-state index contributed by atoms with van der Waals surface area (Å²) in [5.41, 5.74) is 5.12. The molecule has 0 amide bonds. The van der Waals surface area contributed by atoms with Gasteiger partial charge in [-0.05, 0) is 0 Å². The molecule has 0 bridgehead atoms. The van der Waals surface area contributed by atoms with Gasteiger partial charge >= 0.3 is 0 Å². The van der Waals surface area contributed by atoms with Crippen LogP contribution in [0.5, 0.6) is 0 Å². The Kier molecular flexibility index (Phi) is 9.06. The van der Waals surface area contributed by atoms with Crippen molar-refractivity contribution >= 4 is 31.3 Å². The molecule has 0 aliphatic rings. The maximum absolute atomic E-state index is 10.1. The molecule has 0 aromatic rings. The van der Waals surface area contributed by atoms with Gasteiger partial charge in [-0.15, -0.1) is 12.4 Å². The van der Waals surface area contributed by atoms with E-state index in [9.17, 15) is 4.79 Å². The first kappa shape index (κ1) is 15.6. The average molecular weight is 232 g/mol. The quantitative estimate of drug-likeness (QED) is 0.277. The number of aldehydes is 1. The normalized spacial score (nSPS) is 19.5. The Morgan fingerprint density at radius 2 is 1.85 bits per heavy atom. The van der Waals surface area contributed by atoms with Crippen molar-refractivity contribution in [2.45, 2.75) is 23.5 Å². The monoisotopic (exact) mass is 231 g/mol. The summed E-state index contributed by atoms with van der Waals surface area (Å²) >= 11 is 3.77. The second-order valence-electron chi connectivity index (χ2n) is 2.44. The van der Waals surface area contributed by atoms with E-state index in [-0.39, 0.29) is 12.4 Å². The molecular weight excluding hydrogens is 218 g/mol. The van der Waals surface area contributed by atoms with E-state index in [0.717, 1.165) is 0 Å². The summed E-state index contributed by atoms with van der Waals surface area (Å²) in [5, 5.41) is 26.0. The molecule has 0 fully saturated rings. The number of carbonyl (C=O) groups is 1. The highest BCUT2D eigenvalue weighted by atomic mass is 35.5. The fourth-order valence-corrected chi connectivity index (χ4v) is 0.820. The highest BCUT2D eigenvalue weighted by Gasteiger charge is 2.27. The molecular formula is C6H14ClNO4S. The van der Waals surface area contributed by atoms with Crippen LogP contribution >= 0.6 is 25.0 Å². The summed E-state index contributed by atoms with van der Waals surface area (Å²) in [6.07, 6.45) is -2.37. The van der Waals surface area contributed by atoms with E-state index in [4.69, 9.17) is 21.1 Å². The first-order valence-electron chi connectivity index (χ1n) is 3.40. The SMILES string of the molecule is Cl.N[C@H](C=O)[C@@H](O)[C@H](O)[C@H](S)CO. The Labute approximate surface area is 87.8 Å². The number of nitrogens with two attached hydrogens (primary N) is 1. The Balaban J connectivity index is 0. The van der Waals surface area contributed by atoms with Gasteiger partial charge in [-0.3, -0.25) is 0 Å². The molecule has 0 saturated heterocycles. The Hall–Kier alpha value is 0.150. The molecule has 0 spiro atoms. The summed E-state index contributed by atoms with van der Waals surface area (Å²) in [6, 6.07) is -1.15. The standard InChI is InChI=1S/C6H13NO4S.ClH/c7-3(1-8)5(10)6(11)4(12)2-9;/h1,3-6,9-12H,2,7H2;1H/t3-,4-,5-,6-;/m1./s1. The van der Waals surface area contributed by atoms with Crippen molar-refractivity contribution in [1.82, 2.24) is 0 Å². The van der Waals surface area contributed by atoms with Gasteiger partial charge in [0, 0.05) is 0 Å². The smallest absolute Gasteiger partial charge is 0.139 e. The first-order valence-corrected chi connectivity index (χ1v) is 3.92. The number of carbonyl (C=O) groups excluding carboxylic acids is 1. The molecule has 0 aliphatic heterocycles. The number of hydrogen-bond acceptors (Lipinski definition) is 6. The highest BCUT2D eigenvalue weighted by molar-refractivity contribution is 7.81. The molecule has 0 rings (SSSR count). The number of thiol groups is 1. The summed E-state index contributed by atoms with van der Waals surface area (Å²) < 4.78 is 0. The van der Waals surface area contributed by atoms with E-state index in [1.54, 1.807) is 0 Å². The van der Waals surface area contributed by atoms with Crippen LogP contribution in [0.1, 0.15) is 0 Å². The van der Waals surface area contributed by atoms with Crippen LogP contribution in [0.4, 0.5) is 0 Å². The molecule has 0 saturated carbocycles. The molecule has 0 radical (unpaired) electrons. The molecule has 4 atom stereocenters. The summed E-state index contributed by atoms with van der Waals surface area (Å²) in [5.74, 6) is 0. The third kappa shape index (κ3) is 4.80. The lowest BCUT2D eigenvalue weighted by Gasteiger charge is -2.23. The number of rotatable bonds is 5. The van der Waals surface area contributed by atoms with E-state index < -0.39 is 30.1 Å². The molecule has 80 valence electrons. The lowest BCUT2D eigenvalue weighted by Crippen LogP contribution is -2.48. The van der Waals surface area contributed by atoms with E-state index in [1.807, 2.05) is 0 Å². The Morgan fingerprint density at radius 1 is 1.38 bits per heavy atom. The lowest BCUT2D eigenvalue weighted by atomic mass is 10.0. The summed E-state index contributed by atoms with van der Waals surface area (Å²) in [6.45, 7) is -0.396. The highest BCUT2D eigenvalue weighted by Crippen LogP contribution is 2.07. The van der Waals surface area contributed by atoms with E-state index in [2.05, 4.69) is 12.6 Å². The molecule has 0 heterocycles. The average Bonchev–Trinajstić information content (AvgIpc) is 2.12. The van der Waals surface area contributed by atoms with Crippen LogP contribution in [0.25, 0.3) is 0 Å². The number of hydrogen-bond donors (Lipinski definition) is 5. The minimum absolute atomic E-state index is 0. The third-order valence-corrected chi connectivity index (χ3v) is 1.95. The first-order chi connectivity index (χ1) is 5.54.